The van der Waals surface area contributed by atoms with Gasteiger partial charge in [0.25, 0.3) is 0 Å². The maximum atomic E-state index is 12.2. The van der Waals surface area contributed by atoms with Gasteiger partial charge in [0.2, 0.25) is 0 Å². The van der Waals surface area contributed by atoms with Gasteiger partial charge >= 0.3 is 6.09 Å². The second-order valence-corrected chi connectivity index (χ2v) is 6.71. The number of hydrogen-bond acceptors (Lipinski definition) is 4. The van der Waals surface area contributed by atoms with Crippen LogP contribution in [0.2, 0.25) is 0 Å². The van der Waals surface area contributed by atoms with Crippen LogP contribution in [0, 0.1) is 0 Å². The zero-order valence-electron chi connectivity index (χ0n) is 13.6. The maximum absolute atomic E-state index is 12.2. The van der Waals surface area contributed by atoms with Crippen molar-refractivity contribution in [3.63, 3.8) is 0 Å². The van der Waals surface area contributed by atoms with Crippen LogP contribution < -0.4 is 5.32 Å². The SMILES string of the molecule is CC(C)(C)OC(=O)N1CCCC1CNc1cccc(CO)c1. The highest BCUT2D eigenvalue weighted by atomic mass is 16.6. The Morgan fingerprint density at radius 3 is 2.91 bits per heavy atom. The molecule has 22 heavy (non-hydrogen) atoms. The van der Waals surface area contributed by atoms with E-state index in [0.717, 1.165) is 30.6 Å². The number of likely N-dealkylation sites (tertiary alicyclic amines) is 1. The van der Waals surface area contributed by atoms with Gasteiger partial charge in [0, 0.05) is 18.8 Å². The Balaban J connectivity index is 1.92. The molecule has 2 rings (SSSR count). The molecule has 5 nitrogen and oxygen atoms in total. The summed E-state index contributed by atoms with van der Waals surface area (Å²) < 4.78 is 5.47. The highest BCUT2D eigenvalue weighted by molar-refractivity contribution is 5.69. The minimum Gasteiger partial charge on any atom is -0.444 e. The van der Waals surface area contributed by atoms with Crippen LogP contribution >= 0.6 is 0 Å². The van der Waals surface area contributed by atoms with Crippen LogP contribution in [0.15, 0.2) is 24.3 Å². The van der Waals surface area contributed by atoms with Gasteiger partial charge in [-0.3, -0.25) is 0 Å². The third-order valence-corrected chi connectivity index (χ3v) is 3.66. The molecule has 1 unspecified atom stereocenters. The van der Waals surface area contributed by atoms with Gasteiger partial charge in [0.05, 0.1) is 12.6 Å². The van der Waals surface area contributed by atoms with Crippen molar-refractivity contribution < 1.29 is 14.6 Å². The lowest BCUT2D eigenvalue weighted by atomic mass is 10.2. The summed E-state index contributed by atoms with van der Waals surface area (Å²) in [5.41, 5.74) is 1.37. The molecule has 1 saturated heterocycles. The average Bonchev–Trinajstić information content (AvgIpc) is 2.92. The molecule has 0 aromatic heterocycles. The van der Waals surface area contributed by atoms with Crippen LogP contribution in [0.25, 0.3) is 0 Å². The minimum absolute atomic E-state index is 0.0307. The molecular weight excluding hydrogens is 280 g/mol. The van der Waals surface area contributed by atoms with E-state index < -0.39 is 5.60 Å². The third-order valence-electron chi connectivity index (χ3n) is 3.66. The number of carbonyl (C=O) groups excluding carboxylic acids is 1. The lowest BCUT2D eigenvalue weighted by Gasteiger charge is -2.29. The molecule has 0 spiro atoms. The number of anilines is 1. The summed E-state index contributed by atoms with van der Waals surface area (Å²) in [6.45, 7) is 7.12. The van der Waals surface area contributed by atoms with Crippen LogP contribution in [0.4, 0.5) is 10.5 Å². The summed E-state index contributed by atoms with van der Waals surface area (Å²) in [7, 11) is 0. The van der Waals surface area contributed by atoms with Crippen molar-refractivity contribution in [3.05, 3.63) is 29.8 Å². The van der Waals surface area contributed by atoms with Crippen molar-refractivity contribution in [2.75, 3.05) is 18.4 Å². The number of aliphatic hydroxyl groups is 1. The first-order chi connectivity index (χ1) is 10.4. The molecule has 1 atom stereocenters. The molecule has 0 aliphatic carbocycles. The Bertz CT molecular complexity index is 511. The summed E-state index contributed by atoms with van der Waals surface area (Å²) in [6, 6.07) is 7.83. The number of rotatable bonds is 4. The van der Waals surface area contributed by atoms with Gasteiger partial charge in [-0.15, -0.1) is 0 Å². The lowest BCUT2D eigenvalue weighted by Crippen LogP contribution is -2.42. The Hall–Kier alpha value is -1.75. The molecule has 1 aliphatic rings. The van der Waals surface area contributed by atoms with Crippen LogP contribution in [-0.2, 0) is 11.3 Å². The number of nitrogens with one attached hydrogen (secondary N) is 1. The van der Waals surface area contributed by atoms with Gasteiger partial charge in [-0.2, -0.15) is 0 Å². The topological polar surface area (TPSA) is 61.8 Å². The monoisotopic (exact) mass is 306 g/mol. The largest absolute Gasteiger partial charge is 0.444 e. The first kappa shape index (κ1) is 16.6. The van der Waals surface area contributed by atoms with Gasteiger partial charge in [-0.05, 0) is 51.3 Å². The van der Waals surface area contributed by atoms with E-state index in [9.17, 15) is 4.79 Å². The Morgan fingerprint density at radius 1 is 1.45 bits per heavy atom. The molecular formula is C17H26N2O3. The molecule has 0 saturated carbocycles. The van der Waals surface area contributed by atoms with E-state index in [1.807, 2.05) is 49.9 Å². The Labute approximate surface area is 132 Å². The number of nitrogens with zero attached hydrogens (tertiary/aromatic N) is 1. The number of amides is 1. The normalized spacial score (nSPS) is 18.4. The molecule has 0 bridgehead atoms. The zero-order chi connectivity index (χ0) is 16.2. The summed E-state index contributed by atoms with van der Waals surface area (Å²) >= 11 is 0. The molecule has 1 heterocycles. The van der Waals surface area contributed by atoms with Gasteiger partial charge in [0.15, 0.2) is 0 Å². The van der Waals surface area contributed by atoms with E-state index in [1.165, 1.54) is 0 Å². The van der Waals surface area contributed by atoms with Crippen LogP contribution in [0.5, 0.6) is 0 Å². The highest BCUT2D eigenvalue weighted by Gasteiger charge is 2.31. The van der Waals surface area contributed by atoms with Crippen molar-refractivity contribution >= 4 is 11.8 Å². The maximum Gasteiger partial charge on any atom is 0.410 e. The predicted molar refractivity (Wildman–Crippen MR) is 86.8 cm³/mol. The summed E-state index contributed by atoms with van der Waals surface area (Å²) in [6.07, 6.45) is 1.75. The van der Waals surface area contributed by atoms with Gasteiger partial charge in [0.1, 0.15) is 5.60 Å². The van der Waals surface area contributed by atoms with Gasteiger partial charge in [-0.25, -0.2) is 4.79 Å². The summed E-state index contributed by atoms with van der Waals surface area (Å²) in [4.78, 5) is 14.0. The minimum atomic E-state index is -0.465. The van der Waals surface area contributed by atoms with E-state index >= 15 is 0 Å². The smallest absolute Gasteiger partial charge is 0.410 e. The number of aliphatic hydroxyl groups excluding tert-OH is 1. The van der Waals surface area contributed by atoms with Gasteiger partial charge < -0.3 is 20.1 Å². The highest BCUT2D eigenvalue weighted by Crippen LogP contribution is 2.21. The second-order valence-electron chi connectivity index (χ2n) is 6.71. The molecule has 122 valence electrons. The van der Waals surface area contributed by atoms with Crippen molar-refractivity contribution in [1.29, 1.82) is 0 Å². The lowest BCUT2D eigenvalue weighted by molar-refractivity contribution is 0.0235. The molecule has 1 amide bonds. The number of benzene rings is 1. The fraction of sp³-hybridized carbons (Fsp3) is 0.588. The molecule has 0 radical (unpaired) electrons. The molecule has 1 fully saturated rings. The zero-order valence-corrected chi connectivity index (χ0v) is 13.6. The molecule has 1 aromatic rings. The fourth-order valence-electron chi connectivity index (χ4n) is 2.62. The third kappa shape index (κ3) is 4.63. The van der Waals surface area contributed by atoms with E-state index in [1.54, 1.807) is 0 Å². The van der Waals surface area contributed by atoms with Crippen LogP contribution in [0.1, 0.15) is 39.2 Å². The molecule has 1 aliphatic heterocycles. The Morgan fingerprint density at radius 2 is 2.23 bits per heavy atom. The molecule has 1 aromatic carbocycles. The molecule has 2 N–H and O–H groups in total. The number of hydrogen-bond donors (Lipinski definition) is 2. The van der Waals surface area contributed by atoms with E-state index in [0.29, 0.717) is 6.54 Å². The van der Waals surface area contributed by atoms with Crippen LogP contribution in [0.3, 0.4) is 0 Å². The first-order valence-corrected chi connectivity index (χ1v) is 7.82. The first-order valence-electron chi connectivity index (χ1n) is 7.82. The standard InChI is InChI=1S/C17H26N2O3/c1-17(2,3)22-16(21)19-9-5-8-15(19)11-18-14-7-4-6-13(10-14)12-20/h4,6-7,10,15,18,20H,5,8-9,11-12H2,1-3H3. The molecule has 5 heteroatoms. The van der Waals surface area contributed by atoms with Crippen molar-refractivity contribution in [2.45, 2.75) is 51.9 Å². The van der Waals surface area contributed by atoms with E-state index in [-0.39, 0.29) is 18.7 Å². The summed E-state index contributed by atoms with van der Waals surface area (Å²) in [5, 5.41) is 12.5. The predicted octanol–water partition coefficient (Wildman–Crippen LogP) is 2.99. The van der Waals surface area contributed by atoms with Crippen molar-refractivity contribution in [1.82, 2.24) is 4.90 Å². The van der Waals surface area contributed by atoms with Crippen molar-refractivity contribution in [3.8, 4) is 0 Å². The second kappa shape index (κ2) is 7.01. The Kier molecular flexibility index (Phi) is 5.29. The van der Waals surface area contributed by atoms with Gasteiger partial charge in [-0.1, -0.05) is 12.1 Å². The van der Waals surface area contributed by atoms with Crippen molar-refractivity contribution in [2.24, 2.45) is 0 Å². The quantitative estimate of drug-likeness (QED) is 0.897. The van der Waals surface area contributed by atoms with E-state index in [4.69, 9.17) is 9.84 Å². The van der Waals surface area contributed by atoms with E-state index in [2.05, 4.69) is 5.32 Å². The number of ether oxygens (including phenoxy) is 1. The summed E-state index contributed by atoms with van der Waals surface area (Å²) in [5.74, 6) is 0. The van der Waals surface area contributed by atoms with Crippen LogP contribution in [-0.4, -0.2) is 40.8 Å². The fourth-order valence-corrected chi connectivity index (χ4v) is 2.62. The number of carbonyl (C=O) groups is 1. The average molecular weight is 306 g/mol.